The summed E-state index contributed by atoms with van der Waals surface area (Å²) in [6.45, 7) is 0. The fraction of sp³-hybridized carbons (Fsp3) is 0.188. The van der Waals surface area contributed by atoms with Gasteiger partial charge in [0.2, 0.25) is 5.91 Å². The van der Waals surface area contributed by atoms with E-state index in [1.54, 1.807) is 29.6 Å². The van der Waals surface area contributed by atoms with E-state index in [4.69, 9.17) is 0 Å². The monoisotopic (exact) mass is 315 g/mol. The number of nitrogens with one attached hydrogen (secondary N) is 1. The van der Waals surface area contributed by atoms with Gasteiger partial charge in [-0.15, -0.1) is 11.3 Å². The third-order valence-electron chi connectivity index (χ3n) is 3.64. The van der Waals surface area contributed by atoms with Crippen LogP contribution in [0.25, 0.3) is 0 Å². The molecule has 1 amide bonds. The summed E-state index contributed by atoms with van der Waals surface area (Å²) in [4.78, 5) is 36.4. The Labute approximate surface area is 130 Å². The zero-order valence-electron chi connectivity index (χ0n) is 11.8. The topological polar surface area (TPSA) is 72.5 Å². The van der Waals surface area contributed by atoms with Gasteiger partial charge in [-0.3, -0.25) is 9.59 Å². The second kappa shape index (κ2) is 5.73. The molecule has 22 heavy (non-hydrogen) atoms. The van der Waals surface area contributed by atoms with Crippen molar-refractivity contribution < 1.29 is 19.1 Å². The predicted molar refractivity (Wildman–Crippen MR) is 82.4 cm³/mol. The second-order valence-electron chi connectivity index (χ2n) is 4.91. The molecule has 0 bridgehead atoms. The molecule has 0 saturated carbocycles. The van der Waals surface area contributed by atoms with Crippen molar-refractivity contribution in [1.82, 2.24) is 0 Å². The second-order valence-corrected chi connectivity index (χ2v) is 5.83. The van der Waals surface area contributed by atoms with Crippen molar-refractivity contribution in [2.75, 3.05) is 12.4 Å². The van der Waals surface area contributed by atoms with E-state index in [1.165, 1.54) is 18.4 Å². The van der Waals surface area contributed by atoms with Crippen LogP contribution in [0.2, 0.25) is 0 Å². The number of anilines is 1. The third kappa shape index (κ3) is 2.42. The van der Waals surface area contributed by atoms with Gasteiger partial charge in [0.05, 0.1) is 18.7 Å². The van der Waals surface area contributed by atoms with Gasteiger partial charge in [-0.1, -0.05) is 24.3 Å². The smallest absolute Gasteiger partial charge is 0.350 e. The molecule has 112 valence electrons. The Balaban J connectivity index is 1.84. The molecule has 0 fully saturated rings. The maximum Gasteiger partial charge on any atom is 0.350 e. The van der Waals surface area contributed by atoms with E-state index in [0.29, 0.717) is 16.1 Å². The molecule has 1 aliphatic rings. The van der Waals surface area contributed by atoms with Crippen LogP contribution in [0.4, 0.5) is 5.69 Å². The summed E-state index contributed by atoms with van der Waals surface area (Å²) >= 11 is 1.20. The Bertz CT molecular complexity index is 765. The minimum absolute atomic E-state index is 0.0331. The number of benzene rings is 1. The van der Waals surface area contributed by atoms with Crippen molar-refractivity contribution in [1.29, 1.82) is 0 Å². The zero-order valence-corrected chi connectivity index (χ0v) is 12.6. The normalized spacial score (nSPS) is 16.2. The van der Waals surface area contributed by atoms with Crippen molar-refractivity contribution in [2.24, 2.45) is 0 Å². The first-order chi connectivity index (χ1) is 10.6. The SMILES string of the molecule is COC(=O)c1sccc1NC(=O)[C@@H]1CC(=O)c2ccccc21. The molecule has 3 rings (SSSR count). The van der Waals surface area contributed by atoms with Crippen LogP contribution < -0.4 is 5.32 Å². The van der Waals surface area contributed by atoms with Gasteiger partial charge in [-0.2, -0.15) is 0 Å². The number of hydrogen-bond donors (Lipinski definition) is 1. The number of Topliss-reactive ketones (excluding diaryl/α,β-unsaturated/α-hetero) is 1. The Morgan fingerprint density at radius 2 is 2.05 bits per heavy atom. The quantitative estimate of drug-likeness (QED) is 0.884. The van der Waals surface area contributed by atoms with Gasteiger partial charge in [-0.25, -0.2) is 4.79 Å². The summed E-state index contributed by atoms with van der Waals surface area (Å²) in [5.74, 6) is -1.33. The average Bonchev–Trinajstić information content (AvgIpc) is 3.12. The van der Waals surface area contributed by atoms with Crippen LogP contribution in [-0.2, 0) is 9.53 Å². The van der Waals surface area contributed by atoms with E-state index in [-0.39, 0.29) is 18.1 Å². The summed E-state index contributed by atoms with van der Waals surface area (Å²) in [6.07, 6.45) is 0.156. The number of carbonyl (C=O) groups is 3. The molecule has 0 unspecified atom stereocenters. The Morgan fingerprint density at radius 1 is 1.27 bits per heavy atom. The number of ketones is 1. The van der Waals surface area contributed by atoms with Gasteiger partial charge in [0.25, 0.3) is 0 Å². The van der Waals surface area contributed by atoms with Gasteiger partial charge in [-0.05, 0) is 17.0 Å². The molecule has 1 aromatic carbocycles. The molecule has 0 spiro atoms. The van der Waals surface area contributed by atoms with Crippen molar-refractivity contribution in [3.05, 3.63) is 51.7 Å². The summed E-state index contributed by atoms with van der Waals surface area (Å²) < 4.78 is 4.68. The first kappa shape index (κ1) is 14.5. The number of fused-ring (bicyclic) bond motifs is 1. The van der Waals surface area contributed by atoms with Gasteiger partial charge in [0.15, 0.2) is 5.78 Å². The minimum Gasteiger partial charge on any atom is -0.465 e. The number of thiophene rings is 1. The molecule has 2 aromatic rings. The first-order valence-corrected chi connectivity index (χ1v) is 7.58. The molecule has 5 nitrogen and oxygen atoms in total. The lowest BCUT2D eigenvalue weighted by atomic mass is 10.0. The van der Waals surface area contributed by atoms with Crippen molar-refractivity contribution in [3.8, 4) is 0 Å². The van der Waals surface area contributed by atoms with E-state index >= 15 is 0 Å². The highest BCUT2D eigenvalue weighted by atomic mass is 32.1. The fourth-order valence-corrected chi connectivity index (χ4v) is 3.34. The van der Waals surface area contributed by atoms with Crippen LogP contribution in [0, 0.1) is 0 Å². The van der Waals surface area contributed by atoms with E-state index in [0.717, 1.165) is 5.56 Å². The molecule has 0 radical (unpaired) electrons. The first-order valence-electron chi connectivity index (χ1n) is 6.70. The van der Waals surface area contributed by atoms with Gasteiger partial charge < -0.3 is 10.1 Å². The van der Waals surface area contributed by atoms with Gasteiger partial charge >= 0.3 is 5.97 Å². The number of ether oxygens (including phenoxy) is 1. The highest BCUT2D eigenvalue weighted by Crippen LogP contribution is 2.34. The molecule has 0 saturated heterocycles. The maximum atomic E-state index is 12.5. The largest absolute Gasteiger partial charge is 0.465 e. The Morgan fingerprint density at radius 3 is 2.82 bits per heavy atom. The summed E-state index contributed by atoms with van der Waals surface area (Å²) in [6, 6.07) is 8.76. The van der Waals surface area contributed by atoms with E-state index in [9.17, 15) is 14.4 Å². The lowest BCUT2D eigenvalue weighted by Gasteiger charge is -2.11. The molecule has 6 heteroatoms. The van der Waals surface area contributed by atoms with E-state index in [1.807, 2.05) is 6.07 Å². The number of methoxy groups -OCH3 is 1. The Hall–Kier alpha value is -2.47. The average molecular weight is 315 g/mol. The fourth-order valence-electron chi connectivity index (χ4n) is 2.57. The number of carbonyl (C=O) groups excluding carboxylic acids is 3. The number of hydrogen-bond acceptors (Lipinski definition) is 5. The highest BCUT2D eigenvalue weighted by molar-refractivity contribution is 7.12. The number of amides is 1. The molecule has 0 aliphatic heterocycles. The molecule has 1 atom stereocenters. The maximum absolute atomic E-state index is 12.5. The molecular formula is C16H13NO4S. The highest BCUT2D eigenvalue weighted by Gasteiger charge is 2.34. The van der Waals surface area contributed by atoms with Gasteiger partial charge in [0, 0.05) is 12.0 Å². The molecule has 1 N–H and O–H groups in total. The zero-order chi connectivity index (χ0) is 15.7. The van der Waals surface area contributed by atoms with E-state index in [2.05, 4.69) is 10.1 Å². The standard InChI is InChI=1S/C16H13NO4S/c1-21-16(20)14-12(6-7-22-14)17-15(19)11-8-13(18)10-5-3-2-4-9(10)11/h2-7,11H,8H2,1H3,(H,17,19)/t11-/m1/s1. The summed E-state index contributed by atoms with van der Waals surface area (Å²) in [7, 11) is 1.29. The molecule has 1 heterocycles. The number of rotatable bonds is 3. The lowest BCUT2D eigenvalue weighted by Crippen LogP contribution is -2.20. The molecule has 1 aromatic heterocycles. The van der Waals surface area contributed by atoms with Crippen molar-refractivity contribution in [3.63, 3.8) is 0 Å². The minimum atomic E-state index is -0.519. The van der Waals surface area contributed by atoms with Gasteiger partial charge in [0.1, 0.15) is 4.88 Å². The van der Waals surface area contributed by atoms with Crippen molar-refractivity contribution in [2.45, 2.75) is 12.3 Å². The molecular weight excluding hydrogens is 302 g/mol. The van der Waals surface area contributed by atoms with Crippen LogP contribution in [0.15, 0.2) is 35.7 Å². The third-order valence-corrected chi connectivity index (χ3v) is 4.53. The summed E-state index contributed by atoms with van der Waals surface area (Å²) in [5, 5.41) is 4.43. The van der Waals surface area contributed by atoms with E-state index < -0.39 is 11.9 Å². The van der Waals surface area contributed by atoms with Crippen LogP contribution in [0.3, 0.4) is 0 Å². The van der Waals surface area contributed by atoms with Crippen LogP contribution in [0.1, 0.15) is 37.9 Å². The van der Waals surface area contributed by atoms with Crippen LogP contribution in [0.5, 0.6) is 0 Å². The lowest BCUT2D eigenvalue weighted by molar-refractivity contribution is -0.117. The van der Waals surface area contributed by atoms with Crippen LogP contribution >= 0.6 is 11.3 Å². The Kier molecular flexibility index (Phi) is 3.77. The summed E-state index contributed by atoms with van der Waals surface area (Å²) in [5.41, 5.74) is 1.75. The van der Waals surface area contributed by atoms with Crippen molar-refractivity contribution >= 4 is 34.7 Å². The number of esters is 1. The molecule has 1 aliphatic carbocycles. The van der Waals surface area contributed by atoms with Crippen LogP contribution in [-0.4, -0.2) is 24.8 Å². The predicted octanol–water partition coefficient (Wildman–Crippen LogP) is 2.84.